The third kappa shape index (κ3) is 4.79. The Balaban J connectivity index is 1.46. The van der Waals surface area contributed by atoms with Gasteiger partial charge in [-0.05, 0) is 35.9 Å². The monoisotopic (exact) mass is 438 g/mol. The molecule has 30 heavy (non-hydrogen) atoms. The van der Waals surface area contributed by atoms with Gasteiger partial charge >= 0.3 is 0 Å². The highest BCUT2D eigenvalue weighted by Crippen LogP contribution is 2.33. The van der Waals surface area contributed by atoms with Gasteiger partial charge in [0.05, 0.1) is 29.0 Å². The smallest absolute Gasteiger partial charge is 0.238 e. The van der Waals surface area contributed by atoms with E-state index < -0.39 is 0 Å². The van der Waals surface area contributed by atoms with Crippen LogP contribution in [0.5, 0.6) is 11.6 Å². The summed E-state index contributed by atoms with van der Waals surface area (Å²) in [5.74, 6) is 0.420. The molecule has 0 spiro atoms. The number of pyridine rings is 1. The molecule has 0 fully saturated rings. The fourth-order valence-electron chi connectivity index (χ4n) is 2.79. The van der Waals surface area contributed by atoms with E-state index in [1.807, 2.05) is 36.5 Å². The molecule has 4 aromatic rings. The zero-order chi connectivity index (χ0) is 20.9. The van der Waals surface area contributed by atoms with Crippen LogP contribution in [-0.4, -0.2) is 20.7 Å². The fraction of sp³-hybridized carbons (Fsp3) is 0.0455. The standard InChI is InChI=1S/C22H16Cl2N4O2/c23-16-11-18(24)22(25-13-16)30-20-9-5-4-8-19(20)27-21(29)10-15-12-26-28(14-15)17-6-2-1-3-7-17/h1-9,11-14H,10H2,(H,27,29). The minimum Gasteiger partial charge on any atom is -0.435 e. The van der Waals surface area contributed by atoms with E-state index in [1.54, 1.807) is 35.1 Å². The van der Waals surface area contributed by atoms with Crippen LogP contribution in [0.25, 0.3) is 5.69 Å². The number of anilines is 1. The van der Waals surface area contributed by atoms with E-state index in [4.69, 9.17) is 27.9 Å². The maximum Gasteiger partial charge on any atom is 0.238 e. The van der Waals surface area contributed by atoms with Crippen molar-refractivity contribution in [3.8, 4) is 17.3 Å². The maximum absolute atomic E-state index is 12.6. The molecule has 2 aromatic carbocycles. The lowest BCUT2D eigenvalue weighted by molar-refractivity contribution is -0.115. The topological polar surface area (TPSA) is 69.0 Å². The van der Waals surface area contributed by atoms with Crippen molar-refractivity contribution in [2.75, 3.05) is 5.32 Å². The largest absolute Gasteiger partial charge is 0.435 e. The molecule has 0 unspecified atom stereocenters. The summed E-state index contributed by atoms with van der Waals surface area (Å²) in [4.78, 5) is 16.7. The first-order valence-corrected chi connectivity index (χ1v) is 9.81. The SMILES string of the molecule is O=C(Cc1cnn(-c2ccccc2)c1)Nc1ccccc1Oc1ncc(Cl)cc1Cl. The van der Waals surface area contributed by atoms with Gasteiger partial charge in [-0.1, -0.05) is 53.5 Å². The van der Waals surface area contributed by atoms with Crippen LogP contribution in [0.15, 0.2) is 79.3 Å². The van der Waals surface area contributed by atoms with E-state index >= 15 is 0 Å². The molecule has 0 saturated carbocycles. The summed E-state index contributed by atoms with van der Waals surface area (Å²) in [6.07, 6.45) is 5.11. The van der Waals surface area contributed by atoms with Crippen molar-refractivity contribution in [1.82, 2.24) is 14.8 Å². The van der Waals surface area contributed by atoms with Crippen LogP contribution < -0.4 is 10.1 Å². The average Bonchev–Trinajstić information content (AvgIpc) is 3.20. The predicted molar refractivity (Wildman–Crippen MR) is 117 cm³/mol. The Bertz CT molecular complexity index is 1180. The van der Waals surface area contributed by atoms with Gasteiger partial charge in [0.1, 0.15) is 5.02 Å². The second kappa shape index (κ2) is 8.98. The molecule has 0 aliphatic carbocycles. The van der Waals surface area contributed by atoms with E-state index in [0.29, 0.717) is 16.5 Å². The number of carbonyl (C=O) groups excluding carboxylic acids is 1. The van der Waals surface area contributed by atoms with Crippen LogP contribution >= 0.6 is 23.2 Å². The molecule has 0 saturated heterocycles. The summed E-state index contributed by atoms with van der Waals surface area (Å²) in [6, 6.07) is 18.3. The number of nitrogens with zero attached hydrogens (tertiary/aromatic N) is 3. The summed E-state index contributed by atoms with van der Waals surface area (Å²) in [5.41, 5.74) is 2.22. The Kier molecular flexibility index (Phi) is 5.97. The second-order valence-corrected chi connectivity index (χ2v) is 7.24. The summed E-state index contributed by atoms with van der Waals surface area (Å²) < 4.78 is 7.51. The van der Waals surface area contributed by atoms with Crippen molar-refractivity contribution in [1.29, 1.82) is 0 Å². The van der Waals surface area contributed by atoms with E-state index in [9.17, 15) is 4.79 Å². The average molecular weight is 439 g/mol. The van der Waals surface area contributed by atoms with E-state index in [1.165, 1.54) is 12.3 Å². The zero-order valence-electron chi connectivity index (χ0n) is 15.6. The first-order chi connectivity index (χ1) is 14.6. The first-order valence-electron chi connectivity index (χ1n) is 9.05. The number of ether oxygens (including phenoxy) is 1. The minimum atomic E-state index is -0.200. The molecule has 8 heteroatoms. The molecule has 6 nitrogen and oxygen atoms in total. The van der Waals surface area contributed by atoms with Gasteiger partial charge in [-0.25, -0.2) is 9.67 Å². The first kappa shape index (κ1) is 19.9. The number of halogens is 2. The van der Waals surface area contributed by atoms with Gasteiger partial charge in [0.2, 0.25) is 11.8 Å². The molecule has 150 valence electrons. The van der Waals surface area contributed by atoms with Crippen LogP contribution in [0.1, 0.15) is 5.56 Å². The Labute approximate surface area is 183 Å². The summed E-state index contributed by atoms with van der Waals surface area (Å²) in [6.45, 7) is 0. The highest BCUT2D eigenvalue weighted by atomic mass is 35.5. The van der Waals surface area contributed by atoms with Gasteiger partial charge in [0.15, 0.2) is 5.75 Å². The zero-order valence-corrected chi connectivity index (χ0v) is 17.1. The lowest BCUT2D eigenvalue weighted by atomic mass is 10.2. The third-order valence-corrected chi connectivity index (χ3v) is 4.64. The van der Waals surface area contributed by atoms with E-state index in [2.05, 4.69) is 15.4 Å². The molecule has 2 aromatic heterocycles. The van der Waals surface area contributed by atoms with Crippen molar-refractivity contribution >= 4 is 34.8 Å². The fourth-order valence-corrected chi connectivity index (χ4v) is 3.21. The van der Waals surface area contributed by atoms with Gasteiger partial charge in [0, 0.05) is 12.4 Å². The number of rotatable bonds is 6. The molecular weight excluding hydrogens is 423 g/mol. The van der Waals surface area contributed by atoms with Crippen LogP contribution in [0, 0.1) is 0 Å². The van der Waals surface area contributed by atoms with Crippen molar-refractivity contribution in [3.63, 3.8) is 0 Å². The Morgan fingerprint density at radius 3 is 2.60 bits per heavy atom. The van der Waals surface area contributed by atoms with Crippen molar-refractivity contribution in [2.45, 2.75) is 6.42 Å². The number of benzene rings is 2. The third-order valence-electron chi connectivity index (χ3n) is 4.16. The van der Waals surface area contributed by atoms with Gasteiger partial charge in [-0.2, -0.15) is 5.10 Å². The van der Waals surface area contributed by atoms with Crippen molar-refractivity contribution in [2.24, 2.45) is 0 Å². The van der Waals surface area contributed by atoms with Crippen LogP contribution in [0.3, 0.4) is 0 Å². The number of hydrogen-bond donors (Lipinski definition) is 1. The minimum absolute atomic E-state index is 0.168. The number of aromatic nitrogens is 3. The predicted octanol–water partition coefficient (Wildman–Crippen LogP) is 5.55. The molecule has 1 amide bonds. The normalized spacial score (nSPS) is 10.6. The van der Waals surface area contributed by atoms with Gasteiger partial charge < -0.3 is 10.1 Å². The van der Waals surface area contributed by atoms with Crippen LogP contribution in [0.2, 0.25) is 10.0 Å². The number of hydrogen-bond acceptors (Lipinski definition) is 4. The van der Waals surface area contributed by atoms with E-state index in [-0.39, 0.29) is 23.2 Å². The summed E-state index contributed by atoms with van der Waals surface area (Å²) >= 11 is 12.0. The Hall–Kier alpha value is -3.35. The number of para-hydroxylation sites is 3. The molecule has 0 aliphatic heterocycles. The second-order valence-electron chi connectivity index (χ2n) is 6.39. The number of amides is 1. The maximum atomic E-state index is 12.6. The molecule has 0 bridgehead atoms. The molecule has 0 atom stereocenters. The highest BCUT2D eigenvalue weighted by Gasteiger charge is 2.13. The lowest BCUT2D eigenvalue weighted by Crippen LogP contribution is -2.14. The molecule has 0 aliphatic rings. The van der Waals surface area contributed by atoms with Crippen molar-refractivity contribution < 1.29 is 9.53 Å². The van der Waals surface area contributed by atoms with Crippen LogP contribution in [-0.2, 0) is 11.2 Å². The Morgan fingerprint density at radius 1 is 1.03 bits per heavy atom. The Morgan fingerprint density at radius 2 is 1.80 bits per heavy atom. The number of carbonyl (C=O) groups is 1. The van der Waals surface area contributed by atoms with Gasteiger partial charge in [-0.15, -0.1) is 0 Å². The van der Waals surface area contributed by atoms with Crippen molar-refractivity contribution in [3.05, 3.63) is 94.9 Å². The number of nitrogens with one attached hydrogen (secondary N) is 1. The van der Waals surface area contributed by atoms with Crippen LogP contribution in [0.4, 0.5) is 5.69 Å². The lowest BCUT2D eigenvalue weighted by Gasteiger charge is -2.12. The quantitative estimate of drug-likeness (QED) is 0.428. The molecular formula is C22H16Cl2N4O2. The molecule has 0 radical (unpaired) electrons. The summed E-state index contributed by atoms with van der Waals surface area (Å²) in [5, 5.41) is 7.86. The summed E-state index contributed by atoms with van der Waals surface area (Å²) in [7, 11) is 0. The molecule has 4 rings (SSSR count). The highest BCUT2D eigenvalue weighted by molar-refractivity contribution is 6.35. The van der Waals surface area contributed by atoms with Gasteiger partial charge in [-0.3, -0.25) is 4.79 Å². The van der Waals surface area contributed by atoms with Gasteiger partial charge in [0.25, 0.3) is 0 Å². The molecule has 2 heterocycles. The molecule has 1 N–H and O–H groups in total. The van der Waals surface area contributed by atoms with E-state index in [0.717, 1.165) is 11.3 Å².